The molecule has 2 aliphatic rings. The number of thiocyanates is 1. The third kappa shape index (κ3) is 9.01. The van der Waals surface area contributed by atoms with E-state index in [1.54, 1.807) is 0 Å². The fraction of sp³-hybridized carbons (Fsp3) is 0.292. The molecule has 2 N–H and O–H groups in total. The van der Waals surface area contributed by atoms with Gasteiger partial charge in [-0.3, -0.25) is 0 Å². The normalized spacial score (nSPS) is 19.0. The van der Waals surface area contributed by atoms with Crippen molar-refractivity contribution >= 4 is 43.5 Å². The number of carbonyl (C=O) groups excluding carboxylic acids is 1. The van der Waals surface area contributed by atoms with Gasteiger partial charge < -0.3 is 19.7 Å². The average Bonchev–Trinajstić information content (AvgIpc) is 3.53. The Labute approximate surface area is 271 Å². The number of nitrogens with zero attached hydrogens (tertiary/aromatic N) is 2. The maximum absolute atomic E-state index is 13.6. The molecule has 3 aromatic rings. The van der Waals surface area contributed by atoms with Crippen LogP contribution >= 0.6 is 37.3 Å². The van der Waals surface area contributed by atoms with Crippen LogP contribution in [0.5, 0.6) is 0 Å². The summed E-state index contributed by atoms with van der Waals surface area (Å²) in [6, 6.07) is 7.12. The van der Waals surface area contributed by atoms with Gasteiger partial charge in [-0.05, 0) is 48.3 Å². The summed E-state index contributed by atoms with van der Waals surface area (Å²) in [5, 5.41) is 11.6. The molecule has 2 aliphatic heterocycles. The number of imidazole rings is 1. The first kappa shape index (κ1) is 34.0. The summed E-state index contributed by atoms with van der Waals surface area (Å²) < 4.78 is 55.1. The molecule has 1 saturated heterocycles. The Morgan fingerprint density at radius 1 is 1.05 bits per heavy atom. The predicted molar refractivity (Wildman–Crippen MR) is 136 cm³/mol. The van der Waals surface area contributed by atoms with Crippen LogP contribution < -0.4 is 56.7 Å². The van der Waals surface area contributed by atoms with Crippen molar-refractivity contribution in [2.45, 2.75) is 37.3 Å². The molecule has 192 valence electrons. The molecule has 3 atom stereocenters. The molecular weight excluding hydrogens is 575 g/mol. The van der Waals surface area contributed by atoms with E-state index in [-0.39, 0.29) is 81.7 Å². The van der Waals surface area contributed by atoms with Crippen molar-refractivity contribution in [2.24, 2.45) is 0 Å². The quantitative estimate of drug-likeness (QED) is 0.108. The Balaban J connectivity index is 0.000000321. The van der Waals surface area contributed by atoms with Gasteiger partial charge in [0.1, 0.15) is 35.0 Å². The zero-order chi connectivity index (χ0) is 25.5. The second kappa shape index (κ2) is 16.2. The molecule has 0 saturated carbocycles. The summed E-state index contributed by atoms with van der Waals surface area (Å²) in [5.41, 5.74) is 2.11. The molecule has 13 heteroatoms. The molecule has 1 aromatic heterocycles. The van der Waals surface area contributed by atoms with Gasteiger partial charge in [-0.1, -0.05) is 24.8 Å². The van der Waals surface area contributed by atoms with Crippen LogP contribution in [0.1, 0.15) is 35.1 Å². The van der Waals surface area contributed by atoms with Gasteiger partial charge in [0.05, 0.1) is 6.04 Å². The Morgan fingerprint density at radius 3 is 2.05 bits per heavy atom. The van der Waals surface area contributed by atoms with E-state index >= 15 is 0 Å². The van der Waals surface area contributed by atoms with Crippen molar-refractivity contribution < 1.29 is 73.7 Å². The molecule has 3 heterocycles. The molecule has 5 nitrogen and oxygen atoms in total. The van der Waals surface area contributed by atoms with Crippen LogP contribution in [0.3, 0.4) is 0 Å². The number of nitrogens with one attached hydrogen (secondary N) is 2. The van der Waals surface area contributed by atoms with Crippen LogP contribution in [0.15, 0.2) is 42.6 Å². The smallest absolute Gasteiger partial charge is 0.337 e. The molecule has 3 unspecified atom stereocenters. The standard InChI is InChI=1S/C12H10F2N2S.C11H11F2NO.CHNS.ClH.K/c13-8-1-2-10(11(14)4-8)7-3-9-5-15-12(17)16(9)6-7;12-8-1-2-10(11(13)4-8)7-3-9(6-15)14-5-7;2-1-3;;/h1-2,4-5,7H,3,6H2,(H,15,17);1-2,4,6-7,9,14H,3,5H2;3H;1H;/q;;;;+1. The zero-order valence-electron chi connectivity index (χ0n) is 19.8. The molecule has 0 amide bonds. The predicted octanol–water partition coefficient (Wildman–Crippen LogP) is 2.60. The van der Waals surface area contributed by atoms with E-state index in [4.69, 9.17) is 17.5 Å². The summed E-state index contributed by atoms with van der Waals surface area (Å²) in [6.45, 7) is 1.21. The Morgan fingerprint density at radius 2 is 1.59 bits per heavy atom. The van der Waals surface area contributed by atoms with Crippen molar-refractivity contribution in [3.63, 3.8) is 0 Å². The van der Waals surface area contributed by atoms with E-state index in [1.165, 1.54) is 29.7 Å². The zero-order valence-corrected chi connectivity index (χ0v) is 25.4. The van der Waals surface area contributed by atoms with Crippen LogP contribution in [0.4, 0.5) is 17.6 Å². The van der Waals surface area contributed by atoms with Crippen molar-refractivity contribution in [1.82, 2.24) is 14.9 Å². The second-order valence-electron chi connectivity index (χ2n) is 8.11. The first-order valence-electron chi connectivity index (χ1n) is 10.7. The van der Waals surface area contributed by atoms with E-state index in [2.05, 4.69) is 22.9 Å². The third-order valence-electron chi connectivity index (χ3n) is 5.95. The summed E-state index contributed by atoms with van der Waals surface area (Å²) >= 11 is 8.22. The van der Waals surface area contributed by atoms with E-state index in [1.807, 2.05) is 10.8 Å². The molecule has 5 rings (SSSR count). The number of aromatic nitrogens is 2. The van der Waals surface area contributed by atoms with Gasteiger partial charge in [0.25, 0.3) is 0 Å². The minimum Gasteiger partial charge on any atom is -0.337 e. The maximum atomic E-state index is 13.6. The Kier molecular flexibility index (Phi) is 14.9. The maximum Gasteiger partial charge on any atom is 1.00 e. The van der Waals surface area contributed by atoms with Crippen molar-refractivity contribution in [3.05, 3.63) is 87.5 Å². The summed E-state index contributed by atoms with van der Waals surface area (Å²) in [7, 11) is 0. The van der Waals surface area contributed by atoms with E-state index < -0.39 is 23.3 Å². The number of aldehydes is 1. The van der Waals surface area contributed by atoms with Gasteiger partial charge in [0, 0.05) is 48.9 Å². The van der Waals surface area contributed by atoms with Gasteiger partial charge in [0.2, 0.25) is 0 Å². The number of rotatable bonds is 3. The van der Waals surface area contributed by atoms with Crippen LogP contribution in [-0.2, 0) is 17.8 Å². The number of H-pyrrole nitrogens is 1. The number of fused-ring (bicyclic) bond motifs is 1. The number of halogens is 5. The number of benzene rings is 2. The molecule has 1 fully saturated rings. The summed E-state index contributed by atoms with van der Waals surface area (Å²) in [6.07, 6.45) is 3.98. The van der Waals surface area contributed by atoms with Gasteiger partial charge in [-0.15, -0.1) is 12.4 Å². The van der Waals surface area contributed by atoms with Crippen LogP contribution in [0, 0.1) is 38.7 Å². The fourth-order valence-corrected chi connectivity index (χ4v) is 4.57. The van der Waals surface area contributed by atoms with E-state index in [0.29, 0.717) is 35.4 Å². The largest absolute Gasteiger partial charge is 1.00 e. The minimum atomic E-state index is -0.575. The van der Waals surface area contributed by atoms with Gasteiger partial charge in [-0.2, -0.15) is 5.26 Å². The van der Waals surface area contributed by atoms with Crippen molar-refractivity contribution in [1.29, 1.82) is 5.26 Å². The SMILES string of the molecule is Cl.Fc1ccc(C2Cc3c[nH]c(=S)n3C2)c(F)c1.N#CS.O=CC1CC(c2ccc(F)cc2F)CN1.[K+]. The van der Waals surface area contributed by atoms with Crippen LogP contribution in [-0.4, -0.2) is 28.4 Å². The number of nitriles is 1. The number of aromatic amines is 1. The van der Waals surface area contributed by atoms with Gasteiger partial charge in [-0.25, -0.2) is 17.6 Å². The van der Waals surface area contributed by atoms with E-state index in [9.17, 15) is 22.4 Å². The number of carbonyl (C=O) groups is 1. The molecule has 37 heavy (non-hydrogen) atoms. The van der Waals surface area contributed by atoms with Crippen LogP contribution in [0.2, 0.25) is 0 Å². The molecule has 0 radical (unpaired) electrons. The number of hydrogen-bond donors (Lipinski definition) is 3. The van der Waals surface area contributed by atoms with Gasteiger partial charge >= 0.3 is 51.4 Å². The Bertz CT molecular complexity index is 1300. The summed E-state index contributed by atoms with van der Waals surface area (Å²) in [4.78, 5) is 13.5. The third-order valence-corrected chi connectivity index (χ3v) is 6.28. The van der Waals surface area contributed by atoms with E-state index in [0.717, 1.165) is 30.5 Å². The Hall–Kier alpha value is -1.01. The number of thiol groups is 1. The topological polar surface area (TPSA) is 73.6 Å². The molecular formula is C24H23ClF4KN4OS2+. The molecule has 0 spiro atoms. The van der Waals surface area contributed by atoms with Crippen molar-refractivity contribution in [2.75, 3.05) is 6.54 Å². The first-order valence-corrected chi connectivity index (χ1v) is 11.5. The average molecular weight is 598 g/mol. The number of hydrogen-bond acceptors (Lipinski definition) is 5. The van der Waals surface area contributed by atoms with Gasteiger partial charge in [0.15, 0.2) is 4.77 Å². The minimum absolute atomic E-state index is 0. The molecule has 0 aliphatic carbocycles. The molecule has 2 aromatic carbocycles. The first-order chi connectivity index (χ1) is 16.8. The monoisotopic (exact) mass is 597 g/mol. The second-order valence-corrected chi connectivity index (χ2v) is 8.70. The fourth-order valence-electron chi connectivity index (χ4n) is 4.32. The van der Waals surface area contributed by atoms with Crippen LogP contribution in [0.25, 0.3) is 0 Å². The van der Waals surface area contributed by atoms with Crippen molar-refractivity contribution in [3.8, 4) is 5.40 Å². The molecule has 0 bridgehead atoms. The summed E-state index contributed by atoms with van der Waals surface area (Å²) in [5.74, 6) is -2.12.